The molecule has 10 heteroatoms. The summed E-state index contributed by atoms with van der Waals surface area (Å²) >= 11 is 0. The first-order chi connectivity index (χ1) is 19.8. The molecule has 41 heavy (non-hydrogen) atoms. The van der Waals surface area contributed by atoms with Crippen LogP contribution in [0.2, 0.25) is 0 Å². The highest BCUT2D eigenvalue weighted by Crippen LogP contribution is 2.71. The van der Waals surface area contributed by atoms with Gasteiger partial charge in [0.25, 0.3) is 11.8 Å². The van der Waals surface area contributed by atoms with E-state index in [0.717, 1.165) is 74.3 Å². The lowest BCUT2D eigenvalue weighted by Gasteiger charge is -2.66. The smallest absolute Gasteiger partial charge is 0.258 e. The molecule has 8 fully saturated rings. The van der Waals surface area contributed by atoms with E-state index in [-0.39, 0.29) is 16.7 Å². The van der Waals surface area contributed by atoms with E-state index in [0.29, 0.717) is 62.5 Å². The average molecular weight is 560 g/mol. The van der Waals surface area contributed by atoms with Crippen molar-refractivity contribution in [3.05, 3.63) is 41.8 Å². The molecule has 8 aliphatic rings. The first-order valence-electron chi connectivity index (χ1n) is 15.2. The van der Waals surface area contributed by atoms with Gasteiger partial charge in [0.05, 0.1) is 6.61 Å². The highest BCUT2D eigenvalue weighted by atomic mass is 19.1. The second-order valence-corrected chi connectivity index (χ2v) is 14.1. The van der Waals surface area contributed by atoms with Gasteiger partial charge in [-0.05, 0) is 94.2 Å². The average Bonchev–Trinajstić information content (AvgIpc) is 3.90. The lowest BCUT2D eigenvalue weighted by atomic mass is 9.41. The first-order valence-corrected chi connectivity index (χ1v) is 15.2. The van der Waals surface area contributed by atoms with Crippen molar-refractivity contribution in [1.82, 2.24) is 20.3 Å². The molecule has 0 spiro atoms. The van der Waals surface area contributed by atoms with Crippen molar-refractivity contribution in [1.29, 1.82) is 0 Å². The molecule has 2 aliphatic heterocycles. The van der Waals surface area contributed by atoms with E-state index in [1.807, 2.05) is 29.2 Å². The number of hydrogen-bond acceptors (Lipinski definition) is 8. The van der Waals surface area contributed by atoms with E-state index in [4.69, 9.17) is 18.8 Å². The molecule has 4 bridgehead atoms. The summed E-state index contributed by atoms with van der Waals surface area (Å²) < 4.78 is 32.2. The minimum atomic E-state index is -1.03. The van der Waals surface area contributed by atoms with Crippen molar-refractivity contribution >= 4 is 11.6 Å². The third kappa shape index (κ3) is 4.00. The van der Waals surface area contributed by atoms with Crippen LogP contribution in [0.15, 0.2) is 33.3 Å². The third-order valence-electron chi connectivity index (χ3n) is 10.7. The second-order valence-electron chi connectivity index (χ2n) is 14.1. The van der Waals surface area contributed by atoms with Crippen LogP contribution in [0.25, 0.3) is 11.5 Å². The number of carbonyl (C=O) groups excluding carboxylic acids is 1. The molecule has 2 saturated heterocycles. The maximum absolute atomic E-state index is 14.3. The molecule has 0 radical (unpaired) electrons. The van der Waals surface area contributed by atoms with Crippen molar-refractivity contribution in [2.24, 2.45) is 10.8 Å². The molecule has 11 rings (SSSR count). The van der Waals surface area contributed by atoms with Gasteiger partial charge in [0.15, 0.2) is 11.6 Å². The fourth-order valence-corrected chi connectivity index (χ4v) is 7.96. The number of alkyl halides is 1. The number of benzene rings is 1. The van der Waals surface area contributed by atoms with Gasteiger partial charge in [-0.1, -0.05) is 16.4 Å². The molecule has 6 aliphatic carbocycles. The van der Waals surface area contributed by atoms with Crippen LogP contribution < -0.4 is 4.90 Å². The minimum absolute atomic E-state index is 0.0517. The van der Waals surface area contributed by atoms with Crippen LogP contribution in [0.3, 0.4) is 0 Å². The number of aromatic nitrogens is 4. The monoisotopic (exact) mass is 559 g/mol. The number of amides is 1. The second kappa shape index (κ2) is 8.24. The predicted octanol–water partition coefficient (Wildman–Crippen LogP) is 5.98. The Morgan fingerprint density at radius 2 is 1.63 bits per heavy atom. The SMILES string of the molecule is O=C(CC12CC(F)(C1)C2)N(CC12CCC(c3nc(C4CC4)no3)(CC1)OC2)c1cccc(-c2nc(C3CC3)no2)c1. The van der Waals surface area contributed by atoms with Crippen LogP contribution in [-0.2, 0) is 15.1 Å². The Kier molecular flexibility index (Phi) is 4.91. The summed E-state index contributed by atoms with van der Waals surface area (Å²) in [7, 11) is 0. The quantitative estimate of drug-likeness (QED) is 0.315. The Labute approximate surface area is 237 Å². The highest BCUT2D eigenvalue weighted by Gasteiger charge is 2.69. The van der Waals surface area contributed by atoms with Gasteiger partial charge in [0, 0.05) is 41.5 Å². The standard InChI is InChI=1S/C31H34FN5O4/c32-30-14-29(15-30,16-30)13-23(38)37(22-3-1-2-21(12-22)26-33-24(35-40-26)19-4-5-19)17-28-8-10-31(11-9-28,39-18-28)27-34-25(36-41-27)20-6-7-20/h1-3,12,19-20H,4-11,13-18H2. The Bertz CT molecular complexity index is 1500. The fraction of sp³-hybridized carbons (Fsp3) is 0.645. The summed E-state index contributed by atoms with van der Waals surface area (Å²) in [6, 6.07) is 7.84. The van der Waals surface area contributed by atoms with Crippen molar-refractivity contribution < 1.29 is 23.0 Å². The van der Waals surface area contributed by atoms with Crippen molar-refractivity contribution in [3.8, 4) is 11.5 Å². The number of halogens is 1. The number of rotatable bonds is 9. The molecule has 0 N–H and O–H groups in total. The zero-order chi connectivity index (χ0) is 27.5. The van der Waals surface area contributed by atoms with E-state index in [1.165, 1.54) is 0 Å². The highest BCUT2D eigenvalue weighted by molar-refractivity contribution is 5.94. The number of carbonyl (C=O) groups is 1. The van der Waals surface area contributed by atoms with Gasteiger partial charge in [0.1, 0.15) is 11.3 Å². The predicted molar refractivity (Wildman–Crippen MR) is 144 cm³/mol. The van der Waals surface area contributed by atoms with E-state index in [2.05, 4.69) is 15.3 Å². The van der Waals surface area contributed by atoms with E-state index in [9.17, 15) is 9.18 Å². The van der Waals surface area contributed by atoms with E-state index >= 15 is 0 Å². The Hall–Kier alpha value is -3.14. The van der Waals surface area contributed by atoms with E-state index < -0.39 is 11.3 Å². The molecule has 1 aromatic carbocycles. The van der Waals surface area contributed by atoms with Crippen LogP contribution in [0.5, 0.6) is 0 Å². The summed E-state index contributed by atoms with van der Waals surface area (Å²) in [4.78, 5) is 25.3. The Balaban J connectivity index is 0.979. The molecule has 3 aromatic rings. The normalized spacial score (nSPS) is 35.1. The number of anilines is 1. The summed E-state index contributed by atoms with van der Waals surface area (Å²) in [5.41, 5.74) is -0.281. The Morgan fingerprint density at radius 3 is 2.29 bits per heavy atom. The number of nitrogens with zero attached hydrogens (tertiary/aromatic N) is 5. The molecule has 6 saturated carbocycles. The van der Waals surface area contributed by atoms with Gasteiger partial charge < -0.3 is 18.7 Å². The van der Waals surface area contributed by atoms with Gasteiger partial charge in [0.2, 0.25) is 5.91 Å². The third-order valence-corrected chi connectivity index (χ3v) is 10.7. The van der Waals surface area contributed by atoms with Crippen LogP contribution in [-0.4, -0.2) is 45.0 Å². The maximum atomic E-state index is 14.3. The van der Waals surface area contributed by atoms with Crippen LogP contribution in [0.1, 0.15) is 106 Å². The molecule has 2 aromatic heterocycles. The number of fused-ring (bicyclic) bond motifs is 3. The van der Waals surface area contributed by atoms with Crippen LogP contribution in [0, 0.1) is 10.8 Å². The molecule has 214 valence electrons. The molecule has 4 heterocycles. The van der Waals surface area contributed by atoms with Crippen molar-refractivity contribution in [2.45, 2.75) is 100 Å². The minimum Gasteiger partial charge on any atom is -0.364 e. The first kappa shape index (κ1) is 24.5. The van der Waals surface area contributed by atoms with E-state index in [1.54, 1.807) is 0 Å². The lowest BCUT2D eigenvalue weighted by molar-refractivity contribution is -0.215. The van der Waals surface area contributed by atoms with Gasteiger partial charge in [-0.25, -0.2) is 4.39 Å². The number of ether oxygens (including phenoxy) is 1. The molecular weight excluding hydrogens is 525 g/mol. The fourth-order valence-electron chi connectivity index (χ4n) is 7.96. The zero-order valence-corrected chi connectivity index (χ0v) is 23.1. The molecule has 0 atom stereocenters. The summed E-state index contributed by atoms with van der Waals surface area (Å²) in [6.45, 7) is 1.08. The van der Waals surface area contributed by atoms with Gasteiger partial charge >= 0.3 is 0 Å². The van der Waals surface area contributed by atoms with Gasteiger partial charge in [-0.15, -0.1) is 0 Å². The topological polar surface area (TPSA) is 107 Å². The maximum Gasteiger partial charge on any atom is 0.258 e. The van der Waals surface area contributed by atoms with Gasteiger partial charge in [-0.2, -0.15) is 9.97 Å². The summed E-state index contributed by atoms with van der Waals surface area (Å²) in [5.74, 6) is 3.55. The van der Waals surface area contributed by atoms with Crippen molar-refractivity contribution in [3.63, 3.8) is 0 Å². The zero-order valence-electron chi connectivity index (χ0n) is 23.1. The molecule has 1 amide bonds. The van der Waals surface area contributed by atoms with Crippen LogP contribution in [0.4, 0.5) is 10.1 Å². The number of hydrogen-bond donors (Lipinski definition) is 0. The van der Waals surface area contributed by atoms with Crippen LogP contribution >= 0.6 is 0 Å². The summed E-state index contributed by atoms with van der Waals surface area (Å²) in [6.07, 6.45) is 9.76. The Morgan fingerprint density at radius 1 is 0.927 bits per heavy atom. The molecular formula is C31H34FN5O4. The lowest BCUT2D eigenvalue weighted by Crippen LogP contribution is -2.65. The van der Waals surface area contributed by atoms with Crippen molar-refractivity contribution in [2.75, 3.05) is 18.1 Å². The van der Waals surface area contributed by atoms with Gasteiger partial charge in [-0.3, -0.25) is 4.79 Å². The molecule has 9 nitrogen and oxygen atoms in total. The molecule has 0 unspecified atom stereocenters. The summed E-state index contributed by atoms with van der Waals surface area (Å²) in [5, 5.41) is 8.41. The largest absolute Gasteiger partial charge is 0.364 e.